The second-order valence-corrected chi connectivity index (χ2v) is 14.1. The smallest absolute Gasteiger partial charge is 0.135 e. The Morgan fingerprint density at radius 3 is 1.85 bits per heavy atom. The quantitative estimate of drug-likeness (QED) is 0.172. The molecule has 11 rings (SSSR count). The predicted molar refractivity (Wildman–Crippen MR) is 231 cm³/mol. The molecule has 3 nitrogen and oxygen atoms in total. The Kier molecular flexibility index (Phi) is 7.17. The molecule has 0 unspecified atom stereocenters. The summed E-state index contributed by atoms with van der Waals surface area (Å²) < 4.78 is 8.72. The molecule has 0 bridgehead atoms. The SMILES string of the molecule is c1ccc(-c2cccc3cccc(-c4ccccc4N(c4ccc5oc6ccccc6c5c4)c4ccc5c6ccccc6n(-c6ccccc6)c5c4)c23)cc1. The highest BCUT2D eigenvalue weighted by molar-refractivity contribution is 6.12. The molecule has 0 aliphatic rings. The van der Waals surface area contributed by atoms with Crippen molar-refractivity contribution in [2.24, 2.45) is 0 Å². The lowest BCUT2D eigenvalue weighted by atomic mass is 9.90. The number of hydrogen-bond acceptors (Lipinski definition) is 2. The summed E-state index contributed by atoms with van der Waals surface area (Å²) in [5, 5.41) is 7.09. The van der Waals surface area contributed by atoms with E-state index in [1.807, 2.05) is 12.1 Å². The maximum absolute atomic E-state index is 6.33. The van der Waals surface area contributed by atoms with Gasteiger partial charge in [-0.15, -0.1) is 0 Å². The van der Waals surface area contributed by atoms with E-state index in [0.29, 0.717) is 0 Å². The van der Waals surface area contributed by atoms with Crippen molar-refractivity contribution in [3.63, 3.8) is 0 Å². The Morgan fingerprint density at radius 2 is 1.00 bits per heavy atom. The summed E-state index contributed by atoms with van der Waals surface area (Å²) in [5.74, 6) is 0. The van der Waals surface area contributed by atoms with E-state index in [-0.39, 0.29) is 0 Å². The van der Waals surface area contributed by atoms with E-state index in [9.17, 15) is 0 Å². The molecule has 3 heteroatoms. The lowest BCUT2D eigenvalue weighted by Crippen LogP contribution is -2.11. The number of hydrogen-bond donors (Lipinski definition) is 0. The monoisotopic (exact) mass is 702 g/mol. The van der Waals surface area contributed by atoms with Gasteiger partial charge in [0.2, 0.25) is 0 Å². The van der Waals surface area contributed by atoms with E-state index in [4.69, 9.17) is 4.42 Å². The fourth-order valence-electron chi connectivity index (χ4n) is 8.55. The molecule has 0 aliphatic heterocycles. The van der Waals surface area contributed by atoms with Crippen LogP contribution in [0.4, 0.5) is 17.1 Å². The summed E-state index contributed by atoms with van der Waals surface area (Å²) in [5.41, 5.74) is 13.2. The Morgan fingerprint density at radius 1 is 0.382 bits per heavy atom. The highest BCUT2D eigenvalue weighted by Crippen LogP contribution is 2.47. The third kappa shape index (κ3) is 5.05. The summed E-state index contributed by atoms with van der Waals surface area (Å²) >= 11 is 0. The zero-order chi connectivity index (χ0) is 36.3. The molecule has 0 atom stereocenters. The van der Waals surface area contributed by atoms with Crippen molar-refractivity contribution in [2.75, 3.05) is 4.90 Å². The van der Waals surface area contributed by atoms with Crippen LogP contribution in [0.3, 0.4) is 0 Å². The average molecular weight is 703 g/mol. The second-order valence-electron chi connectivity index (χ2n) is 14.1. The molecule has 0 saturated carbocycles. The average Bonchev–Trinajstić information content (AvgIpc) is 3.79. The molecule has 258 valence electrons. The lowest BCUT2D eigenvalue weighted by molar-refractivity contribution is 0.669. The molecule has 0 radical (unpaired) electrons. The number of benzene rings is 9. The fourth-order valence-corrected chi connectivity index (χ4v) is 8.55. The molecule has 55 heavy (non-hydrogen) atoms. The van der Waals surface area contributed by atoms with Gasteiger partial charge in [0.15, 0.2) is 0 Å². The van der Waals surface area contributed by atoms with Gasteiger partial charge in [0, 0.05) is 44.2 Å². The van der Waals surface area contributed by atoms with Crippen molar-refractivity contribution >= 4 is 71.6 Å². The summed E-state index contributed by atoms with van der Waals surface area (Å²) in [6.45, 7) is 0. The number of anilines is 3. The maximum atomic E-state index is 6.33. The van der Waals surface area contributed by atoms with E-state index in [0.717, 1.165) is 55.8 Å². The molecule has 0 saturated heterocycles. The number of nitrogens with zero attached hydrogens (tertiary/aromatic N) is 2. The number of aromatic nitrogens is 1. The van der Waals surface area contributed by atoms with Crippen molar-refractivity contribution in [2.45, 2.75) is 0 Å². The Bertz CT molecular complexity index is 3200. The van der Waals surface area contributed by atoms with E-state index < -0.39 is 0 Å². The van der Waals surface area contributed by atoms with Gasteiger partial charge in [-0.1, -0.05) is 146 Å². The second kappa shape index (κ2) is 12.6. The first-order valence-electron chi connectivity index (χ1n) is 18.8. The minimum atomic E-state index is 0.874. The number of furan rings is 1. The van der Waals surface area contributed by atoms with Crippen LogP contribution in [0, 0.1) is 0 Å². The predicted octanol–water partition coefficient (Wildman–Crippen LogP) is 14.6. The molecule has 0 fully saturated rings. The molecular formula is C52H34N2O. The van der Waals surface area contributed by atoms with Gasteiger partial charge in [0.05, 0.1) is 16.7 Å². The molecule has 2 aromatic heterocycles. The van der Waals surface area contributed by atoms with Crippen LogP contribution in [0.2, 0.25) is 0 Å². The van der Waals surface area contributed by atoms with Crippen molar-refractivity contribution in [1.82, 2.24) is 4.57 Å². The van der Waals surface area contributed by atoms with Gasteiger partial charge in [-0.05, 0) is 88.1 Å². The first kappa shape index (κ1) is 31.2. The summed E-state index contributed by atoms with van der Waals surface area (Å²) in [7, 11) is 0. The van der Waals surface area contributed by atoms with Crippen LogP contribution >= 0.6 is 0 Å². The van der Waals surface area contributed by atoms with Gasteiger partial charge in [0.25, 0.3) is 0 Å². The molecule has 0 aliphatic carbocycles. The number of rotatable bonds is 6. The molecule has 0 amide bonds. The van der Waals surface area contributed by atoms with Crippen LogP contribution < -0.4 is 4.90 Å². The Labute approximate surface area is 318 Å². The van der Waals surface area contributed by atoms with Crippen molar-refractivity contribution in [3.8, 4) is 27.9 Å². The highest BCUT2D eigenvalue weighted by atomic mass is 16.3. The van der Waals surface area contributed by atoms with Crippen molar-refractivity contribution < 1.29 is 4.42 Å². The third-order valence-corrected chi connectivity index (χ3v) is 11.0. The van der Waals surface area contributed by atoms with E-state index >= 15 is 0 Å². The van der Waals surface area contributed by atoms with Gasteiger partial charge in [-0.25, -0.2) is 0 Å². The maximum Gasteiger partial charge on any atom is 0.135 e. The first-order chi connectivity index (χ1) is 27.3. The van der Waals surface area contributed by atoms with E-state index in [2.05, 4.69) is 204 Å². The van der Waals surface area contributed by atoms with Crippen molar-refractivity contribution in [1.29, 1.82) is 0 Å². The molecule has 9 aromatic carbocycles. The Hall–Kier alpha value is -7.36. The normalized spacial score (nSPS) is 11.6. The summed E-state index contributed by atoms with van der Waals surface area (Å²) in [6, 6.07) is 74.1. The molecule has 0 N–H and O–H groups in total. The molecule has 2 heterocycles. The molecular weight excluding hydrogens is 669 g/mol. The summed E-state index contributed by atoms with van der Waals surface area (Å²) in [4.78, 5) is 2.42. The van der Waals surface area contributed by atoms with Crippen LogP contribution in [0.5, 0.6) is 0 Å². The largest absolute Gasteiger partial charge is 0.456 e. The van der Waals surface area contributed by atoms with Crippen LogP contribution in [-0.4, -0.2) is 4.57 Å². The minimum Gasteiger partial charge on any atom is -0.456 e. The van der Waals surface area contributed by atoms with Crippen LogP contribution in [0.15, 0.2) is 211 Å². The topological polar surface area (TPSA) is 21.3 Å². The van der Waals surface area contributed by atoms with Crippen LogP contribution in [-0.2, 0) is 0 Å². The molecule has 11 aromatic rings. The Balaban J connectivity index is 1.21. The van der Waals surface area contributed by atoms with Gasteiger partial charge in [0.1, 0.15) is 11.2 Å². The zero-order valence-electron chi connectivity index (χ0n) is 29.9. The first-order valence-corrected chi connectivity index (χ1v) is 18.8. The van der Waals surface area contributed by atoms with E-state index in [1.165, 1.54) is 43.8 Å². The standard InChI is InChI=1S/C52H34N2O/c1-3-15-35(16-4-1)40-24-13-17-36-18-14-25-45(52(36)40)42-22-8-10-26-47(42)53(38-30-32-51-46(33-38)44-23-9-12-28-50(44)55-51)39-29-31-43-41-21-7-11-27-48(41)54(49(43)34-39)37-19-5-2-6-20-37/h1-34H. The van der Waals surface area contributed by atoms with Crippen LogP contribution in [0.25, 0.3) is 82.5 Å². The van der Waals surface area contributed by atoms with E-state index in [1.54, 1.807) is 0 Å². The van der Waals surface area contributed by atoms with Crippen LogP contribution in [0.1, 0.15) is 0 Å². The summed E-state index contributed by atoms with van der Waals surface area (Å²) in [6.07, 6.45) is 0. The van der Waals surface area contributed by atoms with Gasteiger partial charge in [-0.2, -0.15) is 0 Å². The molecule has 0 spiro atoms. The number of para-hydroxylation sites is 4. The minimum absolute atomic E-state index is 0.874. The fraction of sp³-hybridized carbons (Fsp3) is 0. The third-order valence-electron chi connectivity index (χ3n) is 11.0. The highest BCUT2D eigenvalue weighted by Gasteiger charge is 2.22. The zero-order valence-corrected chi connectivity index (χ0v) is 29.9. The van der Waals surface area contributed by atoms with Gasteiger partial charge >= 0.3 is 0 Å². The van der Waals surface area contributed by atoms with Gasteiger partial charge in [-0.3, -0.25) is 0 Å². The van der Waals surface area contributed by atoms with Crippen molar-refractivity contribution in [3.05, 3.63) is 206 Å². The lowest BCUT2D eigenvalue weighted by Gasteiger charge is -2.28. The van der Waals surface area contributed by atoms with Gasteiger partial charge < -0.3 is 13.9 Å². The number of fused-ring (bicyclic) bond motifs is 7.